The highest BCUT2D eigenvalue weighted by Gasteiger charge is 2.07. The van der Waals surface area contributed by atoms with E-state index in [-0.39, 0.29) is 11.1 Å². The van der Waals surface area contributed by atoms with Crippen LogP contribution in [0.2, 0.25) is 10.0 Å². The Morgan fingerprint density at radius 3 is 2.44 bits per heavy atom. The number of rotatable bonds is 5. The molecule has 5 heteroatoms. The first kappa shape index (κ1) is 19.0. The maximum atomic E-state index is 13.9. The van der Waals surface area contributed by atoms with Crippen LogP contribution in [0.5, 0.6) is 5.75 Å². The lowest BCUT2D eigenvalue weighted by Gasteiger charge is -2.08. The third-order valence-corrected chi connectivity index (χ3v) is 4.47. The number of halogens is 3. The van der Waals surface area contributed by atoms with E-state index in [0.717, 1.165) is 11.1 Å². The molecule has 0 saturated carbocycles. The fourth-order valence-corrected chi connectivity index (χ4v) is 2.94. The van der Waals surface area contributed by atoms with Crippen molar-refractivity contribution < 1.29 is 9.13 Å². The van der Waals surface area contributed by atoms with Crippen molar-refractivity contribution in [2.24, 2.45) is 0 Å². The van der Waals surface area contributed by atoms with E-state index in [1.54, 1.807) is 60.7 Å². The summed E-state index contributed by atoms with van der Waals surface area (Å²) >= 11 is 12.0. The number of allylic oxidation sites excluding steroid dienone is 1. The molecular weight excluding hydrogens is 384 g/mol. The first-order valence-corrected chi connectivity index (χ1v) is 8.86. The molecule has 134 valence electrons. The van der Waals surface area contributed by atoms with Gasteiger partial charge in [-0.15, -0.1) is 0 Å². The molecule has 3 aromatic carbocycles. The summed E-state index contributed by atoms with van der Waals surface area (Å²) < 4.78 is 19.6. The van der Waals surface area contributed by atoms with Crippen molar-refractivity contribution in [1.82, 2.24) is 0 Å². The van der Waals surface area contributed by atoms with Crippen molar-refractivity contribution in [3.8, 4) is 11.8 Å². The molecular formula is C22H14Cl2FNO. The summed E-state index contributed by atoms with van der Waals surface area (Å²) in [6, 6.07) is 20.7. The quantitative estimate of drug-likeness (QED) is 0.351. The summed E-state index contributed by atoms with van der Waals surface area (Å²) in [6.07, 6.45) is 1.64. The molecule has 0 heterocycles. The van der Waals surface area contributed by atoms with Gasteiger partial charge in [-0.2, -0.15) is 5.26 Å². The molecule has 0 amide bonds. The van der Waals surface area contributed by atoms with Crippen molar-refractivity contribution in [3.05, 3.63) is 99.3 Å². The molecule has 0 aromatic heterocycles. The van der Waals surface area contributed by atoms with Gasteiger partial charge in [0.2, 0.25) is 0 Å². The lowest BCUT2D eigenvalue weighted by Crippen LogP contribution is -1.96. The monoisotopic (exact) mass is 397 g/mol. The number of nitriles is 1. The average Bonchev–Trinajstić information content (AvgIpc) is 2.67. The van der Waals surface area contributed by atoms with Crippen LogP contribution in [0.3, 0.4) is 0 Å². The van der Waals surface area contributed by atoms with Gasteiger partial charge >= 0.3 is 0 Å². The van der Waals surface area contributed by atoms with Gasteiger partial charge in [0.1, 0.15) is 18.2 Å². The number of hydrogen-bond donors (Lipinski definition) is 0. The van der Waals surface area contributed by atoms with Crippen molar-refractivity contribution in [2.45, 2.75) is 6.61 Å². The van der Waals surface area contributed by atoms with E-state index in [2.05, 4.69) is 0 Å². The van der Waals surface area contributed by atoms with Gasteiger partial charge in [-0.1, -0.05) is 59.6 Å². The molecule has 0 aliphatic carbocycles. The van der Waals surface area contributed by atoms with Gasteiger partial charge in [-0.05, 0) is 42.0 Å². The Balaban J connectivity index is 1.73. The minimum atomic E-state index is -0.426. The van der Waals surface area contributed by atoms with Crippen LogP contribution in [-0.2, 0) is 6.61 Å². The zero-order valence-electron chi connectivity index (χ0n) is 14.1. The minimum absolute atomic E-state index is 0.259. The lowest BCUT2D eigenvalue weighted by atomic mass is 10.0. The fraction of sp³-hybridized carbons (Fsp3) is 0.0455. The molecule has 0 bridgehead atoms. The summed E-state index contributed by atoms with van der Waals surface area (Å²) in [5, 5.41) is 10.5. The van der Waals surface area contributed by atoms with E-state index in [4.69, 9.17) is 27.9 Å². The van der Waals surface area contributed by atoms with E-state index >= 15 is 0 Å². The summed E-state index contributed by atoms with van der Waals surface area (Å²) in [5.41, 5.74) is 2.13. The average molecular weight is 398 g/mol. The van der Waals surface area contributed by atoms with Gasteiger partial charge in [-0.25, -0.2) is 4.39 Å². The third kappa shape index (κ3) is 4.89. The summed E-state index contributed by atoms with van der Waals surface area (Å²) in [7, 11) is 0. The van der Waals surface area contributed by atoms with Gasteiger partial charge in [0, 0.05) is 21.2 Å². The highest BCUT2D eigenvalue weighted by Crippen LogP contribution is 2.24. The minimum Gasteiger partial charge on any atom is -0.489 e. The Labute approximate surface area is 167 Å². The zero-order chi connectivity index (χ0) is 19.2. The topological polar surface area (TPSA) is 33.0 Å². The first-order valence-electron chi connectivity index (χ1n) is 8.10. The van der Waals surface area contributed by atoms with Gasteiger partial charge in [0.15, 0.2) is 0 Å². The molecule has 27 heavy (non-hydrogen) atoms. The van der Waals surface area contributed by atoms with E-state index in [9.17, 15) is 9.65 Å². The summed E-state index contributed by atoms with van der Waals surface area (Å²) in [5.74, 6) is 0.229. The van der Waals surface area contributed by atoms with Crippen LogP contribution in [0.4, 0.5) is 4.39 Å². The third-order valence-electron chi connectivity index (χ3n) is 3.89. The highest BCUT2D eigenvalue weighted by atomic mass is 35.5. The van der Waals surface area contributed by atoms with Crippen molar-refractivity contribution >= 4 is 34.9 Å². The van der Waals surface area contributed by atoms with Crippen molar-refractivity contribution in [1.29, 1.82) is 5.26 Å². The normalized spacial score (nSPS) is 11.1. The van der Waals surface area contributed by atoms with Crippen LogP contribution in [-0.4, -0.2) is 0 Å². The second-order valence-corrected chi connectivity index (χ2v) is 6.59. The number of ether oxygens (including phenoxy) is 1. The van der Waals surface area contributed by atoms with Crippen LogP contribution in [0.15, 0.2) is 66.7 Å². The molecule has 0 N–H and O–H groups in total. The second-order valence-electron chi connectivity index (χ2n) is 5.74. The summed E-state index contributed by atoms with van der Waals surface area (Å²) in [4.78, 5) is 0. The van der Waals surface area contributed by atoms with E-state index < -0.39 is 5.82 Å². The van der Waals surface area contributed by atoms with Crippen LogP contribution in [0, 0.1) is 17.1 Å². The zero-order valence-corrected chi connectivity index (χ0v) is 15.6. The van der Waals surface area contributed by atoms with Gasteiger partial charge in [0.05, 0.1) is 11.6 Å². The van der Waals surface area contributed by atoms with Crippen LogP contribution in [0.25, 0.3) is 11.6 Å². The van der Waals surface area contributed by atoms with Crippen LogP contribution >= 0.6 is 23.2 Å². The fourth-order valence-electron chi connectivity index (χ4n) is 2.48. The SMILES string of the molecule is N#C/C(=C/c1ccc(OCc2ccc(Cl)cc2Cl)cc1)c1ccccc1F. The Bertz CT molecular complexity index is 1020. The van der Waals surface area contributed by atoms with Crippen molar-refractivity contribution in [2.75, 3.05) is 0 Å². The maximum Gasteiger partial charge on any atom is 0.131 e. The molecule has 3 aromatic rings. The Morgan fingerprint density at radius 1 is 1.04 bits per heavy atom. The second kappa shape index (κ2) is 8.73. The first-order chi connectivity index (χ1) is 13.1. The standard InChI is InChI=1S/C22H14Cl2FNO/c23-18-8-7-16(21(24)12-18)14-27-19-9-5-15(6-10-19)11-17(13-26)20-3-1-2-4-22(20)25/h1-12H,14H2/b17-11-. The smallest absolute Gasteiger partial charge is 0.131 e. The van der Waals surface area contributed by atoms with E-state index in [0.29, 0.717) is 22.4 Å². The molecule has 0 radical (unpaired) electrons. The van der Waals surface area contributed by atoms with Crippen LogP contribution < -0.4 is 4.74 Å². The highest BCUT2D eigenvalue weighted by molar-refractivity contribution is 6.35. The largest absolute Gasteiger partial charge is 0.489 e. The Hall–Kier alpha value is -2.80. The molecule has 0 unspecified atom stereocenters. The molecule has 0 saturated heterocycles. The molecule has 0 spiro atoms. The maximum absolute atomic E-state index is 13.9. The molecule has 3 rings (SSSR count). The van der Waals surface area contributed by atoms with Crippen molar-refractivity contribution in [3.63, 3.8) is 0 Å². The number of nitrogens with zero attached hydrogens (tertiary/aromatic N) is 1. The van der Waals surface area contributed by atoms with Gasteiger partial charge in [-0.3, -0.25) is 0 Å². The molecule has 0 atom stereocenters. The molecule has 0 fully saturated rings. The molecule has 2 nitrogen and oxygen atoms in total. The Kier molecular flexibility index (Phi) is 6.13. The van der Waals surface area contributed by atoms with E-state index in [1.807, 2.05) is 12.1 Å². The summed E-state index contributed by atoms with van der Waals surface area (Å²) in [6.45, 7) is 0.309. The predicted molar refractivity (Wildman–Crippen MR) is 107 cm³/mol. The predicted octanol–water partition coefficient (Wildman–Crippen LogP) is 6.78. The van der Waals surface area contributed by atoms with Gasteiger partial charge < -0.3 is 4.74 Å². The number of hydrogen-bond acceptors (Lipinski definition) is 2. The van der Waals surface area contributed by atoms with Crippen LogP contribution in [0.1, 0.15) is 16.7 Å². The lowest BCUT2D eigenvalue weighted by molar-refractivity contribution is 0.306. The molecule has 0 aliphatic heterocycles. The Morgan fingerprint density at radius 2 is 1.78 bits per heavy atom. The molecule has 0 aliphatic rings. The number of benzene rings is 3. The van der Waals surface area contributed by atoms with E-state index in [1.165, 1.54) is 6.07 Å². The van der Waals surface area contributed by atoms with Gasteiger partial charge in [0.25, 0.3) is 0 Å².